The van der Waals surface area contributed by atoms with Gasteiger partial charge in [0.15, 0.2) is 0 Å². The summed E-state index contributed by atoms with van der Waals surface area (Å²) in [5.41, 5.74) is 0.757. The van der Waals surface area contributed by atoms with Crippen LogP contribution in [0.15, 0.2) is 23.1 Å². The fourth-order valence-electron chi connectivity index (χ4n) is 4.35. The minimum Gasteiger partial charge on any atom is -0.496 e. The summed E-state index contributed by atoms with van der Waals surface area (Å²) in [5, 5.41) is 3.75. The maximum atomic E-state index is 13.0. The van der Waals surface area contributed by atoms with Crippen molar-refractivity contribution in [1.82, 2.24) is 9.62 Å². The molecule has 0 aromatic heterocycles. The van der Waals surface area contributed by atoms with E-state index in [4.69, 9.17) is 4.74 Å². The zero-order valence-corrected chi connectivity index (χ0v) is 20.2. The number of aryl methyl sites for hydroxylation is 1. The lowest BCUT2D eigenvalue weighted by molar-refractivity contribution is -0.120. The molecule has 31 heavy (non-hydrogen) atoms. The van der Waals surface area contributed by atoms with Gasteiger partial charge in [-0.2, -0.15) is 16.1 Å². The molecule has 2 aliphatic rings. The van der Waals surface area contributed by atoms with Crippen LogP contribution in [0.4, 0.5) is 0 Å². The minimum absolute atomic E-state index is 0.00409. The second-order valence-corrected chi connectivity index (χ2v) is 11.8. The van der Waals surface area contributed by atoms with Gasteiger partial charge >= 0.3 is 0 Å². The Morgan fingerprint density at radius 2 is 1.84 bits per heavy atom. The highest BCUT2D eigenvalue weighted by atomic mass is 32.2. The topological polar surface area (TPSA) is 75.7 Å². The Morgan fingerprint density at radius 3 is 2.55 bits per heavy atom. The number of hydrogen-bond donors (Lipinski definition) is 1. The first-order valence-electron chi connectivity index (χ1n) is 11.6. The normalized spacial score (nSPS) is 18.6. The van der Waals surface area contributed by atoms with E-state index in [1.54, 1.807) is 29.6 Å². The van der Waals surface area contributed by atoms with Crippen molar-refractivity contribution in [2.75, 3.05) is 32.5 Å². The standard InChI is InChI=1S/C23H36N2O4S2/c1-29-22-12-11-21(31(27,28)25-15-6-3-7-16-25)18-19(22)10-13-23(26)24-14-17-30-20-8-4-2-5-9-20/h11-12,18,20H,2-10,13-17H2,1H3,(H,24,26). The summed E-state index contributed by atoms with van der Waals surface area (Å²) in [6.45, 7) is 1.83. The van der Waals surface area contributed by atoms with Crippen molar-refractivity contribution in [2.45, 2.75) is 74.4 Å². The van der Waals surface area contributed by atoms with Gasteiger partial charge in [0.2, 0.25) is 15.9 Å². The van der Waals surface area contributed by atoms with Gasteiger partial charge in [-0.1, -0.05) is 25.7 Å². The largest absolute Gasteiger partial charge is 0.496 e. The summed E-state index contributed by atoms with van der Waals surface area (Å²) < 4.78 is 33.0. The number of amides is 1. The number of carbonyl (C=O) groups excluding carboxylic acids is 1. The number of nitrogens with one attached hydrogen (secondary N) is 1. The lowest BCUT2D eigenvalue weighted by Gasteiger charge is -2.26. The molecule has 174 valence electrons. The first kappa shape index (κ1) is 24.4. The van der Waals surface area contributed by atoms with Crippen LogP contribution in [0.25, 0.3) is 0 Å². The van der Waals surface area contributed by atoms with E-state index >= 15 is 0 Å². The SMILES string of the molecule is COc1ccc(S(=O)(=O)N2CCCCC2)cc1CCC(=O)NCCSC1CCCCC1. The summed E-state index contributed by atoms with van der Waals surface area (Å²) in [6, 6.07) is 4.98. The summed E-state index contributed by atoms with van der Waals surface area (Å²) >= 11 is 1.97. The molecule has 1 aliphatic carbocycles. The number of methoxy groups -OCH3 is 1. The smallest absolute Gasteiger partial charge is 0.243 e. The molecule has 6 nitrogen and oxygen atoms in total. The zero-order chi connectivity index (χ0) is 22.1. The van der Waals surface area contributed by atoms with E-state index in [1.807, 2.05) is 11.8 Å². The van der Waals surface area contributed by atoms with Gasteiger partial charge in [0.05, 0.1) is 12.0 Å². The van der Waals surface area contributed by atoms with Crippen molar-refractivity contribution in [3.8, 4) is 5.75 Å². The average molecular weight is 469 g/mol. The second kappa shape index (κ2) is 12.1. The van der Waals surface area contributed by atoms with Crippen molar-refractivity contribution in [3.63, 3.8) is 0 Å². The predicted octanol–water partition coefficient (Wildman–Crippen LogP) is 3.98. The number of ether oxygens (including phenoxy) is 1. The van der Waals surface area contributed by atoms with Gasteiger partial charge in [0.25, 0.3) is 0 Å². The minimum atomic E-state index is -3.50. The zero-order valence-electron chi connectivity index (χ0n) is 18.6. The van der Waals surface area contributed by atoms with Gasteiger partial charge < -0.3 is 10.1 Å². The van der Waals surface area contributed by atoms with Crippen molar-refractivity contribution in [2.24, 2.45) is 0 Å². The van der Waals surface area contributed by atoms with Crippen LogP contribution in [0.2, 0.25) is 0 Å². The first-order valence-corrected chi connectivity index (χ1v) is 14.0. The van der Waals surface area contributed by atoms with Crippen LogP contribution in [-0.2, 0) is 21.2 Å². The van der Waals surface area contributed by atoms with E-state index in [2.05, 4.69) is 5.32 Å². The van der Waals surface area contributed by atoms with Crippen LogP contribution in [0.3, 0.4) is 0 Å². The van der Waals surface area contributed by atoms with Crippen LogP contribution in [0, 0.1) is 0 Å². The first-order chi connectivity index (χ1) is 15.0. The van der Waals surface area contributed by atoms with Crippen molar-refractivity contribution < 1.29 is 17.9 Å². The Kier molecular flexibility index (Phi) is 9.53. The van der Waals surface area contributed by atoms with Crippen molar-refractivity contribution in [3.05, 3.63) is 23.8 Å². The van der Waals surface area contributed by atoms with Crippen LogP contribution in [0.5, 0.6) is 5.75 Å². The molecule has 0 bridgehead atoms. The third-order valence-electron chi connectivity index (χ3n) is 6.16. The monoisotopic (exact) mass is 468 g/mol. The van der Waals surface area contributed by atoms with Crippen molar-refractivity contribution in [1.29, 1.82) is 0 Å². The van der Waals surface area contributed by atoms with Crippen LogP contribution < -0.4 is 10.1 Å². The van der Waals surface area contributed by atoms with Crippen LogP contribution in [-0.4, -0.2) is 56.4 Å². The average Bonchev–Trinajstić information content (AvgIpc) is 2.81. The lowest BCUT2D eigenvalue weighted by atomic mass is 10.0. The molecule has 1 saturated heterocycles. The lowest BCUT2D eigenvalue weighted by Crippen LogP contribution is -2.35. The number of thioether (sulfide) groups is 1. The van der Waals surface area contributed by atoms with Crippen LogP contribution >= 0.6 is 11.8 Å². The highest BCUT2D eigenvalue weighted by Crippen LogP contribution is 2.28. The van der Waals surface area contributed by atoms with E-state index < -0.39 is 10.0 Å². The Hall–Kier alpha value is -1.25. The molecule has 1 saturated carbocycles. The molecule has 8 heteroatoms. The Morgan fingerprint density at radius 1 is 1.13 bits per heavy atom. The molecule has 0 atom stereocenters. The molecule has 1 aliphatic heterocycles. The number of carbonyl (C=O) groups is 1. The number of hydrogen-bond acceptors (Lipinski definition) is 5. The fraction of sp³-hybridized carbons (Fsp3) is 0.696. The molecular formula is C23H36N2O4S2. The van der Waals surface area contributed by atoms with E-state index in [-0.39, 0.29) is 10.8 Å². The summed E-state index contributed by atoms with van der Waals surface area (Å²) in [4.78, 5) is 12.6. The number of piperidine rings is 1. The van der Waals surface area contributed by atoms with Crippen LogP contribution in [0.1, 0.15) is 63.4 Å². The highest BCUT2D eigenvalue weighted by molar-refractivity contribution is 7.99. The molecule has 3 rings (SSSR count). The molecule has 0 radical (unpaired) electrons. The van der Waals surface area contributed by atoms with Gasteiger partial charge in [0, 0.05) is 37.1 Å². The third kappa shape index (κ3) is 7.12. The molecule has 2 fully saturated rings. The second-order valence-electron chi connectivity index (χ2n) is 8.42. The summed E-state index contributed by atoms with van der Waals surface area (Å²) in [5.74, 6) is 1.57. The molecule has 1 amide bonds. The van der Waals surface area contributed by atoms with E-state index in [9.17, 15) is 13.2 Å². The van der Waals surface area contributed by atoms with Gasteiger partial charge in [-0.3, -0.25) is 4.79 Å². The molecule has 1 N–H and O–H groups in total. The molecule has 0 spiro atoms. The quantitative estimate of drug-likeness (QED) is 0.526. The Labute approximate surface area is 191 Å². The number of benzene rings is 1. The Balaban J connectivity index is 1.51. The van der Waals surface area contributed by atoms with Gasteiger partial charge in [-0.05, 0) is 55.9 Å². The van der Waals surface area contributed by atoms with Crippen molar-refractivity contribution >= 4 is 27.7 Å². The Bertz CT molecular complexity index is 817. The number of nitrogens with zero attached hydrogens (tertiary/aromatic N) is 1. The summed E-state index contributed by atoms with van der Waals surface area (Å²) in [6.07, 6.45) is 10.3. The fourth-order valence-corrected chi connectivity index (χ4v) is 7.14. The molecule has 1 heterocycles. The third-order valence-corrected chi connectivity index (χ3v) is 9.43. The van der Waals surface area contributed by atoms with Gasteiger partial charge in [0.1, 0.15) is 5.75 Å². The van der Waals surface area contributed by atoms with Gasteiger partial charge in [-0.25, -0.2) is 8.42 Å². The molecule has 0 unspecified atom stereocenters. The number of rotatable bonds is 10. The van der Waals surface area contributed by atoms with E-state index in [0.717, 1.165) is 35.8 Å². The maximum Gasteiger partial charge on any atom is 0.243 e. The van der Waals surface area contributed by atoms with E-state index in [0.29, 0.717) is 38.2 Å². The molecular weight excluding hydrogens is 432 g/mol. The maximum absolute atomic E-state index is 13.0. The molecule has 1 aromatic rings. The summed E-state index contributed by atoms with van der Waals surface area (Å²) in [7, 11) is -1.93. The predicted molar refractivity (Wildman–Crippen MR) is 126 cm³/mol. The van der Waals surface area contributed by atoms with Gasteiger partial charge in [-0.15, -0.1) is 0 Å². The van der Waals surface area contributed by atoms with E-state index in [1.165, 1.54) is 32.1 Å². The number of sulfonamides is 1. The highest BCUT2D eigenvalue weighted by Gasteiger charge is 2.26. The molecule has 1 aromatic carbocycles.